The monoisotopic (exact) mass is 416 g/mol. The summed E-state index contributed by atoms with van der Waals surface area (Å²) in [5.74, 6) is 0.332. The summed E-state index contributed by atoms with van der Waals surface area (Å²) >= 11 is 2.70. The molecular formula is C19H20N4O3S2. The summed E-state index contributed by atoms with van der Waals surface area (Å²) in [6, 6.07) is 5.64. The van der Waals surface area contributed by atoms with E-state index in [0.717, 1.165) is 24.1 Å². The van der Waals surface area contributed by atoms with Crippen molar-refractivity contribution in [2.45, 2.75) is 49.4 Å². The summed E-state index contributed by atoms with van der Waals surface area (Å²) < 4.78 is 0.683. The van der Waals surface area contributed by atoms with Gasteiger partial charge in [-0.05, 0) is 43.0 Å². The van der Waals surface area contributed by atoms with Crippen LogP contribution in [0, 0.1) is 0 Å². The van der Waals surface area contributed by atoms with Crippen molar-refractivity contribution in [3.8, 4) is 0 Å². The fourth-order valence-corrected chi connectivity index (χ4v) is 4.92. The molecule has 1 fully saturated rings. The number of thioether (sulfide) groups is 1. The molecule has 1 aromatic carbocycles. The number of aryl methyl sites for hydroxylation is 1. The van der Waals surface area contributed by atoms with Gasteiger partial charge in [0.25, 0.3) is 0 Å². The third kappa shape index (κ3) is 4.10. The molecule has 2 aromatic rings. The number of nitrogens with one attached hydrogen (secondary N) is 1. The number of hydrogen-bond donors (Lipinski definition) is 1. The fraction of sp³-hybridized carbons (Fsp3) is 0.421. The lowest BCUT2D eigenvalue weighted by molar-refractivity contribution is -0.118. The zero-order valence-corrected chi connectivity index (χ0v) is 17.1. The van der Waals surface area contributed by atoms with Gasteiger partial charge in [-0.2, -0.15) is 0 Å². The summed E-state index contributed by atoms with van der Waals surface area (Å²) in [7, 11) is 0. The van der Waals surface area contributed by atoms with Crippen LogP contribution < -0.4 is 10.2 Å². The van der Waals surface area contributed by atoms with Gasteiger partial charge in [0.1, 0.15) is 0 Å². The van der Waals surface area contributed by atoms with Crippen LogP contribution in [-0.4, -0.2) is 39.6 Å². The first-order valence-corrected chi connectivity index (χ1v) is 11.1. The van der Waals surface area contributed by atoms with Gasteiger partial charge in [0.05, 0.1) is 5.75 Å². The number of benzene rings is 1. The number of hydrogen-bond acceptors (Lipinski definition) is 7. The van der Waals surface area contributed by atoms with Crippen molar-refractivity contribution in [2.24, 2.45) is 0 Å². The lowest BCUT2D eigenvalue weighted by Gasteiger charge is -2.17. The van der Waals surface area contributed by atoms with E-state index >= 15 is 0 Å². The zero-order chi connectivity index (χ0) is 19.7. The molecule has 2 aliphatic rings. The van der Waals surface area contributed by atoms with E-state index in [9.17, 15) is 14.4 Å². The van der Waals surface area contributed by atoms with Gasteiger partial charge in [0.15, 0.2) is 10.1 Å². The summed E-state index contributed by atoms with van der Waals surface area (Å²) in [6.07, 6.45) is 3.55. The summed E-state index contributed by atoms with van der Waals surface area (Å²) in [4.78, 5) is 37.9. The van der Waals surface area contributed by atoms with Crippen LogP contribution in [0.25, 0.3) is 0 Å². The van der Waals surface area contributed by atoms with Crippen LogP contribution in [0.5, 0.6) is 0 Å². The Kier molecular flexibility index (Phi) is 5.45. The zero-order valence-electron chi connectivity index (χ0n) is 15.4. The normalized spacial score (nSPS) is 15.7. The van der Waals surface area contributed by atoms with Crippen molar-refractivity contribution < 1.29 is 14.4 Å². The van der Waals surface area contributed by atoms with Gasteiger partial charge in [-0.1, -0.05) is 30.0 Å². The number of ketones is 1. The average molecular weight is 417 g/mol. The number of amides is 2. The largest absolute Gasteiger partial charge is 0.326 e. The number of fused-ring (bicyclic) bond motifs is 1. The highest BCUT2D eigenvalue weighted by Crippen LogP contribution is 2.36. The highest BCUT2D eigenvalue weighted by Gasteiger charge is 2.35. The van der Waals surface area contributed by atoms with Gasteiger partial charge in [0.2, 0.25) is 16.9 Å². The predicted octanol–water partition coefficient (Wildman–Crippen LogP) is 3.30. The Morgan fingerprint density at radius 3 is 2.86 bits per heavy atom. The van der Waals surface area contributed by atoms with Crippen molar-refractivity contribution in [3.63, 3.8) is 0 Å². The number of aromatic nitrogens is 2. The van der Waals surface area contributed by atoms with Crippen molar-refractivity contribution in [1.29, 1.82) is 0 Å². The van der Waals surface area contributed by atoms with Crippen LogP contribution in [0.1, 0.15) is 48.5 Å². The van der Waals surface area contributed by atoms with E-state index in [1.165, 1.54) is 23.1 Å². The molecule has 28 heavy (non-hydrogen) atoms. The van der Waals surface area contributed by atoms with E-state index in [1.54, 1.807) is 17.0 Å². The standard InChI is InChI=1S/C19H20N4O3S2/c1-2-17(26)23(13-5-6-13)18-21-22-19(28-18)27-10-15(24)12-3-7-14-11(9-12)4-8-16(25)20-14/h3,7,9,13H,2,4-6,8,10H2,1H3,(H,20,25). The maximum Gasteiger partial charge on any atom is 0.228 e. The first kappa shape index (κ1) is 19.1. The van der Waals surface area contributed by atoms with Gasteiger partial charge in [0, 0.05) is 30.1 Å². The molecule has 1 aliphatic carbocycles. The van der Waals surface area contributed by atoms with Crippen molar-refractivity contribution in [3.05, 3.63) is 29.3 Å². The predicted molar refractivity (Wildman–Crippen MR) is 109 cm³/mol. The van der Waals surface area contributed by atoms with E-state index in [1.807, 2.05) is 13.0 Å². The Bertz CT molecular complexity index is 939. The minimum atomic E-state index is 0.00475. The first-order valence-electron chi connectivity index (χ1n) is 9.29. The quantitative estimate of drug-likeness (QED) is 0.423. The molecule has 0 spiro atoms. The molecule has 0 radical (unpaired) electrons. The molecular weight excluding hydrogens is 396 g/mol. The van der Waals surface area contributed by atoms with Crippen LogP contribution in [0.2, 0.25) is 0 Å². The van der Waals surface area contributed by atoms with E-state index in [0.29, 0.717) is 34.3 Å². The molecule has 4 rings (SSSR count). The second-order valence-electron chi connectivity index (χ2n) is 6.83. The molecule has 1 aliphatic heterocycles. The Labute approximate surface area is 170 Å². The van der Waals surface area contributed by atoms with Crippen LogP contribution in [0.3, 0.4) is 0 Å². The molecule has 2 heterocycles. The van der Waals surface area contributed by atoms with Crippen LogP contribution in [0.4, 0.5) is 10.8 Å². The van der Waals surface area contributed by atoms with Crippen LogP contribution in [-0.2, 0) is 16.0 Å². The lowest BCUT2D eigenvalue weighted by atomic mass is 9.99. The smallest absolute Gasteiger partial charge is 0.228 e. The summed E-state index contributed by atoms with van der Waals surface area (Å²) in [5, 5.41) is 11.7. The van der Waals surface area contributed by atoms with E-state index in [4.69, 9.17) is 0 Å². The maximum atomic E-state index is 12.6. The molecule has 1 aromatic heterocycles. The van der Waals surface area contributed by atoms with Crippen LogP contribution in [0.15, 0.2) is 22.5 Å². The third-order valence-electron chi connectivity index (χ3n) is 4.73. The molecule has 146 valence electrons. The number of carbonyl (C=O) groups is 3. The second kappa shape index (κ2) is 8.00. The first-order chi connectivity index (χ1) is 13.5. The van der Waals surface area contributed by atoms with Gasteiger partial charge in [-0.15, -0.1) is 10.2 Å². The number of nitrogens with zero attached hydrogens (tertiary/aromatic N) is 3. The number of anilines is 2. The molecule has 1 saturated carbocycles. The van der Waals surface area contributed by atoms with Crippen LogP contribution >= 0.6 is 23.1 Å². The maximum absolute atomic E-state index is 12.6. The van der Waals surface area contributed by atoms with E-state index in [-0.39, 0.29) is 29.4 Å². The van der Waals surface area contributed by atoms with Gasteiger partial charge in [-0.25, -0.2) is 0 Å². The minimum Gasteiger partial charge on any atom is -0.326 e. The van der Waals surface area contributed by atoms with E-state index < -0.39 is 0 Å². The molecule has 0 atom stereocenters. The SMILES string of the molecule is CCC(=O)N(c1nnc(SCC(=O)c2ccc3c(c2)CCC(=O)N3)s1)C1CC1. The second-order valence-corrected chi connectivity index (χ2v) is 9.01. The van der Waals surface area contributed by atoms with Gasteiger partial charge >= 0.3 is 0 Å². The van der Waals surface area contributed by atoms with Crippen molar-refractivity contribution >= 4 is 51.5 Å². The molecule has 2 amide bonds. The van der Waals surface area contributed by atoms with Crippen molar-refractivity contribution in [1.82, 2.24) is 10.2 Å². The molecule has 9 heteroatoms. The molecule has 0 saturated heterocycles. The molecule has 0 bridgehead atoms. The summed E-state index contributed by atoms with van der Waals surface area (Å²) in [5.41, 5.74) is 2.41. The Balaban J connectivity index is 1.40. The minimum absolute atomic E-state index is 0.00475. The lowest BCUT2D eigenvalue weighted by Crippen LogP contribution is -2.32. The molecule has 1 N–H and O–H groups in total. The Morgan fingerprint density at radius 2 is 2.11 bits per heavy atom. The highest BCUT2D eigenvalue weighted by atomic mass is 32.2. The number of rotatable bonds is 7. The highest BCUT2D eigenvalue weighted by molar-refractivity contribution is 8.01. The van der Waals surface area contributed by atoms with Crippen molar-refractivity contribution in [2.75, 3.05) is 16.0 Å². The van der Waals surface area contributed by atoms with Gasteiger partial charge in [-0.3, -0.25) is 19.3 Å². The number of carbonyl (C=O) groups excluding carboxylic acids is 3. The number of Topliss-reactive ketones (excluding diaryl/α,β-unsaturated/α-hetero) is 1. The third-order valence-corrected chi connectivity index (χ3v) is 6.79. The Morgan fingerprint density at radius 1 is 1.29 bits per heavy atom. The molecule has 0 unspecified atom stereocenters. The topological polar surface area (TPSA) is 92.3 Å². The van der Waals surface area contributed by atoms with E-state index in [2.05, 4.69) is 15.5 Å². The molecule has 7 nitrogen and oxygen atoms in total. The fourth-order valence-electron chi connectivity index (χ4n) is 3.10. The summed E-state index contributed by atoms with van der Waals surface area (Å²) in [6.45, 7) is 1.84. The van der Waals surface area contributed by atoms with Gasteiger partial charge < -0.3 is 5.32 Å². The Hall–Kier alpha value is -2.26. The average Bonchev–Trinajstić information content (AvgIpc) is 3.43.